The summed E-state index contributed by atoms with van der Waals surface area (Å²) in [6.07, 6.45) is 1.66. The van der Waals surface area contributed by atoms with E-state index in [1.54, 1.807) is 6.92 Å². The predicted octanol–water partition coefficient (Wildman–Crippen LogP) is 0.370. The van der Waals surface area contributed by atoms with Crippen LogP contribution in [0.5, 0.6) is 0 Å². The van der Waals surface area contributed by atoms with Gasteiger partial charge >= 0.3 is 5.97 Å². The normalized spacial score (nSPS) is 12.3. The molecule has 0 aliphatic carbocycles. The second-order valence-corrected chi connectivity index (χ2v) is 5.54. The largest absolute Gasteiger partial charge is 0.480 e. The number of rotatable bonds is 8. The molecule has 0 saturated heterocycles. The van der Waals surface area contributed by atoms with Crippen molar-refractivity contribution < 1.29 is 18.3 Å². The van der Waals surface area contributed by atoms with Crippen LogP contribution >= 0.6 is 0 Å². The van der Waals surface area contributed by atoms with Crippen LogP contribution in [0.15, 0.2) is 0 Å². The Morgan fingerprint density at radius 1 is 1.31 bits per heavy atom. The summed E-state index contributed by atoms with van der Waals surface area (Å²) in [5, 5.41) is 8.61. The average Bonchev–Trinajstić information content (AvgIpc) is 2.21. The number of hydrogen-bond acceptors (Lipinski definition) is 3. The zero-order valence-corrected chi connectivity index (χ0v) is 10.8. The maximum absolute atomic E-state index is 11.9. The molecule has 0 aromatic heterocycles. The van der Waals surface area contributed by atoms with Crippen LogP contribution in [-0.2, 0) is 15.0 Å². The number of unbranched alkanes of at least 4 members (excludes halogenated alkanes) is 1. The zero-order chi connectivity index (χ0) is 12.8. The molecule has 0 aliphatic rings. The number of carboxylic acid groups (broad SMARTS) is 1. The molecule has 0 aromatic rings. The van der Waals surface area contributed by atoms with Gasteiger partial charge in [-0.1, -0.05) is 20.3 Å². The fraction of sp³-hybridized carbons (Fsp3) is 0.889. The number of carbonyl (C=O) groups is 1. The minimum absolute atomic E-state index is 0.158. The summed E-state index contributed by atoms with van der Waals surface area (Å²) in [7, 11) is -2.16. The van der Waals surface area contributed by atoms with Crippen molar-refractivity contribution in [2.75, 3.05) is 26.7 Å². The molecule has 0 rings (SSSR count). The van der Waals surface area contributed by atoms with Crippen LogP contribution in [-0.4, -0.2) is 54.8 Å². The van der Waals surface area contributed by atoms with Crippen LogP contribution in [0.3, 0.4) is 0 Å². The summed E-state index contributed by atoms with van der Waals surface area (Å²) < 4.78 is 25.9. The molecule has 1 N–H and O–H groups in total. The molecule has 0 aromatic carbocycles. The predicted molar refractivity (Wildman–Crippen MR) is 61.3 cm³/mol. The maximum Gasteiger partial charge on any atom is 0.318 e. The van der Waals surface area contributed by atoms with Gasteiger partial charge in [0, 0.05) is 20.1 Å². The van der Waals surface area contributed by atoms with Gasteiger partial charge in [0.1, 0.15) is 6.54 Å². The van der Waals surface area contributed by atoms with Gasteiger partial charge in [-0.15, -0.1) is 0 Å². The van der Waals surface area contributed by atoms with Gasteiger partial charge in [-0.2, -0.15) is 17.0 Å². The van der Waals surface area contributed by atoms with Crippen LogP contribution < -0.4 is 0 Å². The van der Waals surface area contributed by atoms with Crippen LogP contribution in [0.25, 0.3) is 0 Å². The lowest BCUT2D eigenvalue weighted by Gasteiger charge is -2.25. The Kier molecular flexibility index (Phi) is 6.54. The SMILES string of the molecule is CCCCN(C)S(=O)(=O)N(CC)CC(=O)O. The van der Waals surface area contributed by atoms with Gasteiger partial charge in [-0.05, 0) is 6.42 Å². The highest BCUT2D eigenvalue weighted by Gasteiger charge is 2.26. The summed E-state index contributed by atoms with van der Waals surface area (Å²) in [4.78, 5) is 10.5. The molecule has 0 bridgehead atoms. The minimum Gasteiger partial charge on any atom is -0.480 e. The van der Waals surface area contributed by atoms with E-state index in [1.165, 1.54) is 11.4 Å². The topological polar surface area (TPSA) is 77.9 Å². The Balaban J connectivity index is 4.65. The van der Waals surface area contributed by atoms with Crippen molar-refractivity contribution in [3.05, 3.63) is 0 Å². The number of aliphatic carboxylic acids is 1. The highest BCUT2D eigenvalue weighted by atomic mass is 32.2. The first-order valence-corrected chi connectivity index (χ1v) is 6.69. The lowest BCUT2D eigenvalue weighted by atomic mass is 10.3. The van der Waals surface area contributed by atoms with Crippen LogP contribution in [0.2, 0.25) is 0 Å². The van der Waals surface area contributed by atoms with Crippen molar-refractivity contribution in [3.63, 3.8) is 0 Å². The Labute approximate surface area is 97.0 Å². The highest BCUT2D eigenvalue weighted by molar-refractivity contribution is 7.86. The molecular formula is C9H20N2O4S. The van der Waals surface area contributed by atoms with E-state index in [2.05, 4.69) is 0 Å². The van der Waals surface area contributed by atoms with Gasteiger partial charge < -0.3 is 5.11 Å². The number of nitrogens with zero attached hydrogens (tertiary/aromatic N) is 2. The Bertz CT molecular complexity index is 315. The van der Waals surface area contributed by atoms with Crippen molar-refractivity contribution >= 4 is 16.2 Å². The van der Waals surface area contributed by atoms with Crippen molar-refractivity contribution in [2.24, 2.45) is 0 Å². The molecule has 0 aliphatic heterocycles. The third-order valence-electron chi connectivity index (χ3n) is 2.21. The summed E-state index contributed by atoms with van der Waals surface area (Å²) in [5.74, 6) is -1.14. The van der Waals surface area contributed by atoms with E-state index in [0.717, 1.165) is 17.1 Å². The van der Waals surface area contributed by atoms with Crippen LogP contribution in [0, 0.1) is 0 Å². The Hall–Kier alpha value is -0.660. The van der Waals surface area contributed by atoms with Gasteiger partial charge in [0.15, 0.2) is 0 Å². The van der Waals surface area contributed by atoms with Crippen LogP contribution in [0.4, 0.5) is 0 Å². The van der Waals surface area contributed by atoms with Gasteiger partial charge in [-0.3, -0.25) is 4.79 Å². The molecule has 0 fully saturated rings. The first kappa shape index (κ1) is 15.3. The molecule has 0 radical (unpaired) electrons. The van der Waals surface area contributed by atoms with Gasteiger partial charge in [0.05, 0.1) is 0 Å². The van der Waals surface area contributed by atoms with Gasteiger partial charge in [-0.25, -0.2) is 0 Å². The lowest BCUT2D eigenvalue weighted by molar-refractivity contribution is -0.137. The first-order valence-electron chi connectivity index (χ1n) is 5.29. The Morgan fingerprint density at radius 2 is 1.88 bits per heavy atom. The molecule has 16 heavy (non-hydrogen) atoms. The highest BCUT2D eigenvalue weighted by Crippen LogP contribution is 2.07. The molecule has 0 heterocycles. The second-order valence-electron chi connectivity index (χ2n) is 3.50. The molecule has 96 valence electrons. The Morgan fingerprint density at radius 3 is 2.25 bits per heavy atom. The molecule has 0 spiro atoms. The lowest BCUT2D eigenvalue weighted by Crippen LogP contribution is -2.44. The molecular weight excluding hydrogens is 232 g/mol. The molecule has 0 amide bonds. The summed E-state index contributed by atoms with van der Waals surface area (Å²) in [6.45, 7) is 3.67. The standard InChI is InChI=1S/C9H20N2O4S/c1-4-6-7-10(3)16(14,15)11(5-2)8-9(12)13/h4-8H2,1-3H3,(H,12,13). The third kappa shape index (κ3) is 4.46. The third-order valence-corrected chi connectivity index (χ3v) is 4.22. The van der Waals surface area contributed by atoms with Crippen molar-refractivity contribution in [3.8, 4) is 0 Å². The summed E-state index contributed by atoms with van der Waals surface area (Å²) in [6, 6.07) is 0. The quantitative estimate of drug-likeness (QED) is 0.677. The van der Waals surface area contributed by atoms with Gasteiger partial charge in [0.25, 0.3) is 10.2 Å². The van der Waals surface area contributed by atoms with Crippen molar-refractivity contribution in [2.45, 2.75) is 26.7 Å². The smallest absolute Gasteiger partial charge is 0.318 e. The fourth-order valence-corrected chi connectivity index (χ4v) is 2.55. The van der Waals surface area contributed by atoms with E-state index < -0.39 is 22.7 Å². The summed E-state index contributed by atoms with van der Waals surface area (Å²) in [5.41, 5.74) is 0. The number of likely N-dealkylation sites (N-methyl/N-ethyl adjacent to an activating group) is 1. The van der Waals surface area contributed by atoms with Gasteiger partial charge in [0.2, 0.25) is 0 Å². The number of carboxylic acids is 1. The van der Waals surface area contributed by atoms with E-state index in [9.17, 15) is 13.2 Å². The minimum atomic E-state index is -3.63. The molecule has 6 nitrogen and oxygen atoms in total. The summed E-state index contributed by atoms with van der Waals surface area (Å²) >= 11 is 0. The molecule has 0 unspecified atom stereocenters. The molecule has 7 heteroatoms. The zero-order valence-electron chi connectivity index (χ0n) is 10.0. The van der Waals surface area contributed by atoms with Crippen LogP contribution in [0.1, 0.15) is 26.7 Å². The van der Waals surface area contributed by atoms with Crippen molar-refractivity contribution in [1.82, 2.24) is 8.61 Å². The maximum atomic E-state index is 11.9. The number of hydrogen-bond donors (Lipinski definition) is 1. The fourth-order valence-electron chi connectivity index (χ4n) is 1.20. The second kappa shape index (κ2) is 6.82. The van der Waals surface area contributed by atoms with Crippen molar-refractivity contribution in [1.29, 1.82) is 0 Å². The van der Waals surface area contributed by atoms with E-state index in [-0.39, 0.29) is 6.54 Å². The monoisotopic (exact) mass is 252 g/mol. The van der Waals surface area contributed by atoms with E-state index in [0.29, 0.717) is 6.54 Å². The van der Waals surface area contributed by atoms with E-state index in [4.69, 9.17) is 5.11 Å². The first-order chi connectivity index (χ1) is 7.36. The average molecular weight is 252 g/mol. The molecule has 0 saturated carbocycles. The van der Waals surface area contributed by atoms with E-state index in [1.807, 2.05) is 6.92 Å². The molecule has 0 atom stereocenters. The van der Waals surface area contributed by atoms with E-state index >= 15 is 0 Å².